The largest absolute Gasteiger partial charge is 0.378 e. The van der Waals surface area contributed by atoms with Crippen LogP contribution in [0, 0.1) is 23.5 Å². The van der Waals surface area contributed by atoms with Crippen LogP contribution in [-0.4, -0.2) is 55.7 Å². The van der Waals surface area contributed by atoms with Gasteiger partial charge in [0, 0.05) is 61.1 Å². The maximum Gasteiger partial charge on any atom is 0.290 e. The van der Waals surface area contributed by atoms with Crippen LogP contribution in [0.4, 0.5) is 35.1 Å². The number of aryl methyl sites for hydroxylation is 1. The molecule has 302 valence electrons. The van der Waals surface area contributed by atoms with Gasteiger partial charge in [0.25, 0.3) is 18.3 Å². The molecule has 0 unspecified atom stereocenters. The van der Waals surface area contributed by atoms with Crippen molar-refractivity contribution in [3.8, 4) is 23.0 Å². The van der Waals surface area contributed by atoms with Crippen LogP contribution >= 0.6 is 0 Å². The summed E-state index contributed by atoms with van der Waals surface area (Å²) in [6.07, 6.45) is -6.42. The number of hydrogen-bond donors (Lipinski definition) is 1. The van der Waals surface area contributed by atoms with Gasteiger partial charge in [-0.2, -0.15) is 19.0 Å². The molecule has 9 nitrogen and oxygen atoms in total. The van der Waals surface area contributed by atoms with E-state index in [1.165, 1.54) is 24.6 Å². The van der Waals surface area contributed by atoms with Crippen molar-refractivity contribution in [1.82, 2.24) is 24.5 Å². The Kier molecular flexibility index (Phi) is 10.9. The van der Waals surface area contributed by atoms with Crippen molar-refractivity contribution < 1.29 is 53.4 Å². The summed E-state index contributed by atoms with van der Waals surface area (Å²) in [5.74, 6) is -7.21. The van der Waals surface area contributed by atoms with Crippen LogP contribution in [-0.2, 0) is 52.2 Å². The van der Waals surface area contributed by atoms with Crippen LogP contribution in [0.3, 0.4) is 0 Å². The molecule has 0 saturated heterocycles. The molecule has 0 spiro atoms. The lowest BCUT2D eigenvalue weighted by atomic mass is 9.86. The summed E-state index contributed by atoms with van der Waals surface area (Å²) in [5.41, 5.74) is -4.63. The topological polar surface area (TPSA) is 120 Å². The molecule has 3 aromatic heterocycles. The molecule has 1 aliphatic carbocycles. The predicted octanol–water partition coefficient (Wildman–Crippen LogP) is 7.68. The first-order chi connectivity index (χ1) is 26.4. The number of hydrogen-bond acceptors (Lipinski definition) is 7. The molecule has 0 radical (unpaired) electrons. The van der Waals surface area contributed by atoms with Gasteiger partial charge in [0.05, 0.1) is 28.2 Å². The highest BCUT2D eigenvalue weighted by Crippen LogP contribution is 2.52. The highest BCUT2D eigenvalue weighted by Gasteiger charge is 2.55. The minimum Gasteiger partial charge on any atom is -0.378 e. The van der Waals surface area contributed by atoms with Gasteiger partial charge < -0.3 is 5.11 Å². The Morgan fingerprint density at radius 2 is 1.63 bits per heavy atom. The number of halogens is 8. The third kappa shape index (κ3) is 9.04. The van der Waals surface area contributed by atoms with Crippen molar-refractivity contribution in [3.05, 3.63) is 99.8 Å². The molecule has 2 aromatic carbocycles. The Morgan fingerprint density at radius 3 is 2.26 bits per heavy atom. The second-order valence-corrected chi connectivity index (χ2v) is 16.8. The maximum atomic E-state index is 15.2. The molecule has 0 fully saturated rings. The van der Waals surface area contributed by atoms with Gasteiger partial charge >= 0.3 is 0 Å². The lowest BCUT2D eigenvalue weighted by Gasteiger charge is -2.29. The molecule has 0 bridgehead atoms. The number of pyridine rings is 1. The molecule has 0 saturated carbocycles. The van der Waals surface area contributed by atoms with E-state index in [1.807, 2.05) is 0 Å². The number of nitrogens with zero attached hydrogens (tertiary/aromatic N) is 5. The van der Waals surface area contributed by atoms with Crippen LogP contribution in [0.15, 0.2) is 48.5 Å². The summed E-state index contributed by atoms with van der Waals surface area (Å²) in [5, 5.41) is 18.5. The van der Waals surface area contributed by atoms with Crippen LogP contribution < -0.4 is 0 Å². The smallest absolute Gasteiger partial charge is 0.290 e. The van der Waals surface area contributed by atoms with Crippen LogP contribution in [0.25, 0.3) is 22.0 Å². The number of para-hydroxylation sites is 1. The predicted molar refractivity (Wildman–Crippen MR) is 192 cm³/mol. The fourth-order valence-electron chi connectivity index (χ4n) is 7.11. The number of alkyl halides is 6. The number of ketones is 1. The number of aliphatic hydroxyl groups is 1. The average molecular weight is 822 g/mol. The number of carbonyl (C=O) groups is 1. The molecule has 0 amide bonds. The quantitative estimate of drug-likeness (QED) is 0.107. The first-order valence-electron chi connectivity index (χ1n) is 17.4. The van der Waals surface area contributed by atoms with E-state index in [2.05, 4.69) is 22.0 Å². The standard InChI is InChI=1S/C39H35F8N5O4S/c1-37(2,54)11-10-25-8-9-27(28-6-5-7-29-30(20-57(4,55)56)49-51(3)34(28)29)32(48-25)22(14-21-15-23(40)18-24(41)16-21)17-26(53)19-52-35-31(33(50-52)36(42)43)38(44,45)12-13-39(35,46)47/h5-9,15-16,18,22,36,54H,12-14,17,19-20H2,1-4H3/t22-/m1/s1. The molecule has 1 atom stereocenters. The van der Waals surface area contributed by atoms with E-state index in [9.17, 15) is 44.7 Å². The minimum absolute atomic E-state index is 0.0304. The number of rotatable bonds is 11. The van der Waals surface area contributed by atoms with Crippen LogP contribution in [0.5, 0.6) is 0 Å². The summed E-state index contributed by atoms with van der Waals surface area (Å²) in [6, 6.07) is 10.6. The Hall–Kier alpha value is -5.15. The molecule has 0 aliphatic heterocycles. The van der Waals surface area contributed by atoms with Crippen molar-refractivity contribution in [3.63, 3.8) is 0 Å². The molecule has 3 heterocycles. The van der Waals surface area contributed by atoms with Crippen LogP contribution in [0.1, 0.15) is 85.0 Å². The van der Waals surface area contributed by atoms with E-state index in [1.54, 1.807) is 31.3 Å². The Balaban J connectivity index is 1.53. The van der Waals surface area contributed by atoms with Crippen molar-refractivity contribution >= 4 is 26.5 Å². The second-order valence-electron chi connectivity index (χ2n) is 14.7. The molecule has 6 rings (SSSR count). The summed E-state index contributed by atoms with van der Waals surface area (Å²) in [7, 11) is -1.97. The monoisotopic (exact) mass is 821 g/mol. The summed E-state index contributed by atoms with van der Waals surface area (Å²) < 4.78 is 143. The molecule has 1 N–H and O–H groups in total. The second kappa shape index (κ2) is 15.0. The number of carbonyl (C=O) groups excluding carboxylic acids is 1. The molecular formula is C39H35F8N5O4S. The van der Waals surface area contributed by atoms with E-state index in [0.29, 0.717) is 28.1 Å². The Labute approximate surface area is 321 Å². The average Bonchev–Trinajstić information content (AvgIpc) is 3.63. The van der Waals surface area contributed by atoms with E-state index in [-0.39, 0.29) is 33.7 Å². The van der Waals surface area contributed by atoms with Crippen molar-refractivity contribution in [2.75, 3.05) is 6.26 Å². The van der Waals surface area contributed by atoms with E-state index in [0.717, 1.165) is 18.4 Å². The minimum atomic E-state index is -4.08. The summed E-state index contributed by atoms with van der Waals surface area (Å²) in [4.78, 5) is 18.7. The third-order valence-corrected chi connectivity index (χ3v) is 10.1. The fourth-order valence-corrected chi connectivity index (χ4v) is 7.82. The zero-order chi connectivity index (χ0) is 41.8. The SMILES string of the molecule is Cn1nc(CS(C)(=O)=O)c2cccc(-c3ccc(C#CC(C)(C)O)nc3[C@@H](CC(=O)Cn3nc(C(F)F)c4c3C(F)(F)CCC4(F)F)Cc3cc(F)cc(F)c3)c21. The molecule has 57 heavy (non-hydrogen) atoms. The van der Waals surface area contributed by atoms with E-state index < -0.39 is 106 Å². The summed E-state index contributed by atoms with van der Waals surface area (Å²) in [6.45, 7) is 1.69. The van der Waals surface area contributed by atoms with Crippen molar-refractivity contribution in [1.29, 1.82) is 0 Å². The van der Waals surface area contributed by atoms with Gasteiger partial charge in [0.15, 0.2) is 15.6 Å². The normalized spacial score (nSPS) is 15.7. The summed E-state index contributed by atoms with van der Waals surface area (Å²) >= 11 is 0. The van der Waals surface area contributed by atoms with Gasteiger partial charge in [-0.3, -0.25) is 14.2 Å². The Bertz CT molecular complexity index is 2550. The first kappa shape index (κ1) is 41.5. The molecule has 18 heteroatoms. The van der Waals surface area contributed by atoms with E-state index in [4.69, 9.17) is 4.98 Å². The maximum absolute atomic E-state index is 15.2. The van der Waals surface area contributed by atoms with Crippen molar-refractivity contribution in [2.24, 2.45) is 7.05 Å². The first-order valence-corrected chi connectivity index (χ1v) is 19.5. The zero-order valence-electron chi connectivity index (χ0n) is 30.9. The lowest BCUT2D eigenvalue weighted by molar-refractivity contribution is -0.121. The van der Waals surface area contributed by atoms with Crippen molar-refractivity contribution in [2.45, 2.75) is 81.6 Å². The third-order valence-electron chi connectivity index (χ3n) is 9.29. The highest BCUT2D eigenvalue weighted by atomic mass is 32.2. The molecular weight excluding hydrogens is 787 g/mol. The van der Waals surface area contributed by atoms with Gasteiger partial charge in [-0.15, -0.1) is 0 Å². The van der Waals surface area contributed by atoms with Gasteiger partial charge in [-0.25, -0.2) is 39.7 Å². The lowest BCUT2D eigenvalue weighted by Crippen LogP contribution is -2.33. The fraction of sp³-hybridized carbons (Fsp3) is 0.385. The zero-order valence-corrected chi connectivity index (χ0v) is 31.7. The Morgan fingerprint density at radius 1 is 0.965 bits per heavy atom. The van der Waals surface area contributed by atoms with Gasteiger partial charge in [-0.1, -0.05) is 24.1 Å². The number of Topliss-reactive ketones (excluding diaryl/α,β-unsaturated/α-hetero) is 1. The number of sulfone groups is 1. The van der Waals surface area contributed by atoms with Gasteiger partial charge in [0.1, 0.15) is 40.9 Å². The van der Waals surface area contributed by atoms with Gasteiger partial charge in [-0.05, 0) is 56.0 Å². The number of benzene rings is 2. The van der Waals surface area contributed by atoms with Gasteiger partial charge in [0.2, 0.25) is 0 Å². The van der Waals surface area contributed by atoms with Crippen LogP contribution in [0.2, 0.25) is 0 Å². The van der Waals surface area contributed by atoms with E-state index >= 15 is 8.78 Å². The number of aromatic nitrogens is 5. The highest BCUT2D eigenvalue weighted by molar-refractivity contribution is 7.89. The number of fused-ring (bicyclic) bond motifs is 2. The molecule has 5 aromatic rings. The molecule has 1 aliphatic rings.